The van der Waals surface area contributed by atoms with Gasteiger partial charge in [0.05, 0.1) is 11.0 Å². The van der Waals surface area contributed by atoms with Gasteiger partial charge in [-0.25, -0.2) is 4.98 Å². The van der Waals surface area contributed by atoms with Crippen LogP contribution in [0.1, 0.15) is 17.0 Å². The molecule has 3 aromatic carbocycles. The van der Waals surface area contributed by atoms with Gasteiger partial charge in [-0.05, 0) is 35.4 Å². The number of rotatable bonds is 6. The van der Waals surface area contributed by atoms with Crippen molar-refractivity contribution in [1.82, 2.24) is 14.5 Å². The zero-order valence-electron chi connectivity index (χ0n) is 16.6. The largest absolute Gasteiger partial charge is 0.340 e. The minimum atomic E-state index is 0.00788. The lowest BCUT2D eigenvalue weighted by atomic mass is 10.1. The van der Waals surface area contributed by atoms with Crippen LogP contribution < -0.4 is 0 Å². The van der Waals surface area contributed by atoms with E-state index in [0.29, 0.717) is 23.0 Å². The van der Waals surface area contributed by atoms with Crippen molar-refractivity contribution in [3.63, 3.8) is 0 Å². The molecule has 0 spiro atoms. The lowest BCUT2D eigenvalue weighted by molar-refractivity contribution is -0.131. The zero-order valence-corrected chi connectivity index (χ0v) is 18.1. The Kier molecular flexibility index (Phi) is 6.07. The van der Waals surface area contributed by atoms with Gasteiger partial charge in [0.2, 0.25) is 5.91 Å². The van der Waals surface area contributed by atoms with E-state index in [1.165, 1.54) is 0 Å². The molecule has 0 atom stereocenters. The fourth-order valence-electron chi connectivity index (χ4n) is 3.50. The van der Waals surface area contributed by atoms with E-state index in [4.69, 9.17) is 28.2 Å². The van der Waals surface area contributed by atoms with E-state index in [2.05, 4.69) is 0 Å². The van der Waals surface area contributed by atoms with Crippen molar-refractivity contribution < 1.29 is 4.79 Å². The summed E-state index contributed by atoms with van der Waals surface area (Å²) in [6.45, 7) is 0.749. The first-order valence-electron chi connectivity index (χ1n) is 9.68. The lowest BCUT2D eigenvalue weighted by Crippen LogP contribution is -2.30. The molecule has 0 aliphatic heterocycles. The van der Waals surface area contributed by atoms with E-state index < -0.39 is 0 Å². The number of nitrogens with zero attached hydrogens (tertiary/aromatic N) is 3. The second-order valence-electron chi connectivity index (χ2n) is 7.22. The maximum atomic E-state index is 13.0. The molecule has 0 unspecified atom stereocenters. The molecular formula is C24H21Cl2N3O. The molecule has 0 aliphatic carbocycles. The molecule has 6 heteroatoms. The minimum Gasteiger partial charge on any atom is -0.340 e. The summed E-state index contributed by atoms with van der Waals surface area (Å²) in [4.78, 5) is 19.5. The Morgan fingerprint density at radius 3 is 2.33 bits per heavy atom. The fraction of sp³-hybridized carbons (Fsp3) is 0.167. The fourth-order valence-corrected chi connectivity index (χ4v) is 4.03. The monoisotopic (exact) mass is 437 g/mol. The van der Waals surface area contributed by atoms with Gasteiger partial charge in [0.25, 0.3) is 0 Å². The van der Waals surface area contributed by atoms with Crippen molar-refractivity contribution in [2.24, 2.45) is 0 Å². The van der Waals surface area contributed by atoms with E-state index >= 15 is 0 Å². The molecule has 0 saturated heterocycles. The number of likely N-dealkylation sites (N-methyl/N-ethyl adjacent to an activating group) is 1. The minimum absolute atomic E-state index is 0.00788. The first-order chi connectivity index (χ1) is 14.5. The third-order valence-electron chi connectivity index (χ3n) is 5.11. The van der Waals surface area contributed by atoms with Gasteiger partial charge in [0.1, 0.15) is 12.4 Å². The SMILES string of the molecule is CN(Cc1ccccc1)C(=O)Cn1c(Cc2c(Cl)cccc2Cl)nc2ccccc21. The van der Waals surface area contributed by atoms with Crippen molar-refractivity contribution in [1.29, 1.82) is 0 Å². The number of benzene rings is 3. The van der Waals surface area contributed by atoms with Crippen molar-refractivity contribution in [2.75, 3.05) is 7.05 Å². The molecule has 4 nitrogen and oxygen atoms in total. The third kappa shape index (κ3) is 4.35. The second kappa shape index (κ2) is 8.90. The van der Waals surface area contributed by atoms with Crippen LogP contribution in [0.3, 0.4) is 0 Å². The molecule has 1 aromatic heterocycles. The summed E-state index contributed by atoms with van der Waals surface area (Å²) in [7, 11) is 1.82. The van der Waals surface area contributed by atoms with Gasteiger partial charge in [-0.3, -0.25) is 4.79 Å². The maximum Gasteiger partial charge on any atom is 0.242 e. The number of aromatic nitrogens is 2. The number of para-hydroxylation sites is 2. The van der Waals surface area contributed by atoms with Crippen LogP contribution in [0, 0.1) is 0 Å². The molecule has 0 aliphatic rings. The van der Waals surface area contributed by atoms with E-state index in [1.807, 2.05) is 84.4 Å². The number of fused-ring (bicyclic) bond motifs is 1. The van der Waals surface area contributed by atoms with Crippen LogP contribution in [0.4, 0.5) is 0 Å². The Bertz CT molecular complexity index is 1170. The van der Waals surface area contributed by atoms with E-state index in [1.54, 1.807) is 4.90 Å². The summed E-state index contributed by atoms with van der Waals surface area (Å²) in [5.41, 5.74) is 3.65. The summed E-state index contributed by atoms with van der Waals surface area (Å²) >= 11 is 12.8. The van der Waals surface area contributed by atoms with Crippen molar-refractivity contribution in [3.05, 3.63) is 99.8 Å². The highest BCUT2D eigenvalue weighted by Gasteiger charge is 2.18. The predicted molar refractivity (Wildman–Crippen MR) is 122 cm³/mol. The number of amides is 1. The quantitative estimate of drug-likeness (QED) is 0.394. The Labute approximate surface area is 185 Å². The maximum absolute atomic E-state index is 13.0. The highest BCUT2D eigenvalue weighted by molar-refractivity contribution is 6.36. The molecule has 30 heavy (non-hydrogen) atoms. The van der Waals surface area contributed by atoms with E-state index in [0.717, 1.165) is 28.0 Å². The van der Waals surface area contributed by atoms with Crippen LogP contribution in [-0.2, 0) is 24.3 Å². The molecule has 4 aromatic rings. The highest BCUT2D eigenvalue weighted by atomic mass is 35.5. The summed E-state index contributed by atoms with van der Waals surface area (Å²) in [5, 5.41) is 1.18. The zero-order chi connectivity index (χ0) is 21.1. The summed E-state index contributed by atoms with van der Waals surface area (Å²) in [5.74, 6) is 0.765. The predicted octanol–water partition coefficient (Wildman–Crippen LogP) is 5.59. The number of carbonyl (C=O) groups is 1. The second-order valence-corrected chi connectivity index (χ2v) is 8.03. The molecule has 0 N–H and O–H groups in total. The van der Waals surface area contributed by atoms with Crippen LogP contribution in [-0.4, -0.2) is 27.4 Å². The number of halogens is 2. The number of carbonyl (C=O) groups excluding carboxylic acids is 1. The number of imidazole rings is 1. The van der Waals surface area contributed by atoms with Crippen LogP contribution in [0.25, 0.3) is 11.0 Å². The van der Waals surface area contributed by atoms with Gasteiger partial charge in [-0.2, -0.15) is 0 Å². The Hall–Kier alpha value is -2.82. The molecule has 0 fully saturated rings. The highest BCUT2D eigenvalue weighted by Crippen LogP contribution is 2.28. The number of hydrogen-bond donors (Lipinski definition) is 0. The van der Waals surface area contributed by atoms with Gasteiger partial charge in [0.15, 0.2) is 0 Å². The molecule has 0 saturated carbocycles. The average molecular weight is 438 g/mol. The molecule has 4 rings (SSSR count). The van der Waals surface area contributed by atoms with Gasteiger partial charge in [0, 0.05) is 30.1 Å². The third-order valence-corrected chi connectivity index (χ3v) is 5.82. The first-order valence-corrected chi connectivity index (χ1v) is 10.4. The van der Waals surface area contributed by atoms with Gasteiger partial charge in [-0.15, -0.1) is 0 Å². The summed E-state index contributed by atoms with van der Waals surface area (Å²) in [6, 6.07) is 23.2. The molecule has 0 radical (unpaired) electrons. The lowest BCUT2D eigenvalue weighted by Gasteiger charge is -2.19. The van der Waals surface area contributed by atoms with Crippen LogP contribution in [0.2, 0.25) is 10.0 Å². The van der Waals surface area contributed by atoms with Crippen molar-refractivity contribution in [3.8, 4) is 0 Å². The topological polar surface area (TPSA) is 38.1 Å². The van der Waals surface area contributed by atoms with Gasteiger partial charge < -0.3 is 9.47 Å². The van der Waals surface area contributed by atoms with E-state index in [9.17, 15) is 4.79 Å². The Morgan fingerprint density at radius 2 is 1.60 bits per heavy atom. The average Bonchev–Trinajstić information content (AvgIpc) is 3.08. The van der Waals surface area contributed by atoms with Crippen LogP contribution in [0.5, 0.6) is 0 Å². The normalized spacial score (nSPS) is 11.0. The smallest absolute Gasteiger partial charge is 0.242 e. The number of hydrogen-bond acceptors (Lipinski definition) is 2. The molecule has 1 heterocycles. The Morgan fingerprint density at radius 1 is 0.933 bits per heavy atom. The van der Waals surface area contributed by atoms with Gasteiger partial charge >= 0.3 is 0 Å². The van der Waals surface area contributed by atoms with Crippen molar-refractivity contribution >= 4 is 40.1 Å². The summed E-state index contributed by atoms with van der Waals surface area (Å²) < 4.78 is 1.96. The van der Waals surface area contributed by atoms with Gasteiger partial charge in [-0.1, -0.05) is 71.7 Å². The van der Waals surface area contributed by atoms with Crippen LogP contribution in [0.15, 0.2) is 72.8 Å². The molecule has 152 valence electrons. The summed E-state index contributed by atoms with van der Waals surface area (Å²) in [6.07, 6.45) is 0.447. The first kappa shape index (κ1) is 20.5. The van der Waals surface area contributed by atoms with Crippen molar-refractivity contribution in [2.45, 2.75) is 19.5 Å². The van der Waals surface area contributed by atoms with E-state index in [-0.39, 0.29) is 12.5 Å². The molecule has 0 bridgehead atoms. The molecule has 1 amide bonds. The standard InChI is InChI=1S/C24H21Cl2N3O/c1-28(15-17-8-3-2-4-9-17)24(30)16-29-22-13-6-5-12-21(22)27-23(29)14-18-19(25)10-7-11-20(18)26/h2-13H,14-16H2,1H3. The Balaban J connectivity index is 1.64. The molecular weight excluding hydrogens is 417 g/mol. The van der Waals surface area contributed by atoms with Crippen LogP contribution >= 0.6 is 23.2 Å².